The van der Waals surface area contributed by atoms with Crippen LogP contribution in [0.25, 0.3) is 0 Å². The number of nitrogens with one attached hydrogen (secondary N) is 1. The summed E-state index contributed by atoms with van der Waals surface area (Å²) < 4.78 is 27.6. The Hall–Kier alpha value is -1.80. The van der Waals surface area contributed by atoms with Gasteiger partial charge in [0.2, 0.25) is 15.9 Å². The van der Waals surface area contributed by atoms with E-state index in [0.717, 1.165) is 4.31 Å². The predicted molar refractivity (Wildman–Crippen MR) is 126 cm³/mol. The smallest absolute Gasteiger partial charge is 0.243 e. The molecule has 5 nitrogen and oxygen atoms in total. The molecule has 0 saturated heterocycles. The van der Waals surface area contributed by atoms with Gasteiger partial charge in [-0.25, -0.2) is 8.42 Å². The van der Waals surface area contributed by atoms with Crippen LogP contribution in [0.4, 0.5) is 5.69 Å². The Kier molecular flexibility index (Phi) is 7.86. The van der Waals surface area contributed by atoms with Crippen LogP contribution >= 0.6 is 46.4 Å². The van der Waals surface area contributed by atoms with Crippen molar-refractivity contribution < 1.29 is 13.2 Å². The molecule has 0 heterocycles. The van der Waals surface area contributed by atoms with Gasteiger partial charge in [-0.3, -0.25) is 4.79 Å². The molecular weight excluding hydrogens is 502 g/mol. The quantitative estimate of drug-likeness (QED) is 0.410. The first kappa shape index (κ1) is 23.9. The van der Waals surface area contributed by atoms with Crippen molar-refractivity contribution in [2.45, 2.75) is 11.4 Å². The molecule has 0 aliphatic heterocycles. The minimum atomic E-state index is -4.02. The van der Waals surface area contributed by atoms with Gasteiger partial charge < -0.3 is 5.32 Å². The predicted octanol–water partition coefficient (Wildman–Crippen LogP) is 6.13. The van der Waals surface area contributed by atoms with Crippen molar-refractivity contribution in [3.63, 3.8) is 0 Å². The molecule has 0 aromatic heterocycles. The zero-order chi connectivity index (χ0) is 22.6. The number of halogens is 4. The summed E-state index contributed by atoms with van der Waals surface area (Å²) in [6.07, 6.45) is 0. The minimum absolute atomic E-state index is 0.00696. The van der Waals surface area contributed by atoms with E-state index < -0.39 is 22.5 Å². The van der Waals surface area contributed by atoms with Gasteiger partial charge in [0.15, 0.2) is 0 Å². The third kappa shape index (κ3) is 6.35. The SMILES string of the molecule is O=C(CN(Cc1cccc(Cl)c1)S(=O)(=O)c1ccc(Cl)cc1)Nc1cc(Cl)ccc1Cl. The van der Waals surface area contributed by atoms with Crippen molar-refractivity contribution in [3.8, 4) is 0 Å². The lowest BCUT2D eigenvalue weighted by Gasteiger charge is -2.22. The normalized spacial score (nSPS) is 11.5. The summed E-state index contributed by atoms with van der Waals surface area (Å²) in [5.41, 5.74) is 0.907. The highest BCUT2D eigenvalue weighted by molar-refractivity contribution is 7.89. The Morgan fingerprint density at radius 3 is 2.16 bits per heavy atom. The van der Waals surface area contributed by atoms with Crippen LogP contribution in [-0.4, -0.2) is 25.2 Å². The fraction of sp³-hybridized carbons (Fsp3) is 0.0952. The number of sulfonamides is 1. The molecule has 3 aromatic carbocycles. The van der Waals surface area contributed by atoms with E-state index in [-0.39, 0.29) is 22.2 Å². The lowest BCUT2D eigenvalue weighted by Crippen LogP contribution is -2.37. The van der Waals surface area contributed by atoms with Gasteiger partial charge in [-0.15, -0.1) is 0 Å². The maximum absolute atomic E-state index is 13.3. The number of anilines is 1. The molecule has 1 N–H and O–H groups in total. The van der Waals surface area contributed by atoms with Crippen LogP contribution in [-0.2, 0) is 21.4 Å². The lowest BCUT2D eigenvalue weighted by molar-refractivity contribution is -0.116. The molecule has 0 fully saturated rings. The second-order valence-corrected chi connectivity index (χ2v) is 10.2. The van der Waals surface area contributed by atoms with Crippen LogP contribution in [0.1, 0.15) is 5.56 Å². The highest BCUT2D eigenvalue weighted by Crippen LogP contribution is 2.26. The molecule has 0 saturated carbocycles. The first-order chi connectivity index (χ1) is 14.6. The largest absolute Gasteiger partial charge is 0.324 e. The van der Waals surface area contributed by atoms with E-state index in [9.17, 15) is 13.2 Å². The monoisotopic (exact) mass is 516 g/mol. The number of carbonyl (C=O) groups excluding carboxylic acids is 1. The van der Waals surface area contributed by atoms with E-state index in [0.29, 0.717) is 20.6 Å². The third-order valence-corrected chi connectivity index (χ3v) is 7.08. The van der Waals surface area contributed by atoms with Crippen LogP contribution < -0.4 is 5.32 Å². The van der Waals surface area contributed by atoms with Gasteiger partial charge in [0.25, 0.3) is 0 Å². The number of nitrogens with zero attached hydrogens (tertiary/aromatic N) is 1. The number of benzene rings is 3. The number of amides is 1. The fourth-order valence-corrected chi connectivity index (χ4v) is 4.82. The lowest BCUT2D eigenvalue weighted by atomic mass is 10.2. The van der Waals surface area contributed by atoms with Gasteiger partial charge in [0.1, 0.15) is 0 Å². The third-order valence-electron chi connectivity index (χ3n) is 4.22. The summed E-state index contributed by atoms with van der Waals surface area (Å²) in [5, 5.41) is 4.11. The van der Waals surface area contributed by atoms with Crippen molar-refractivity contribution >= 4 is 68.0 Å². The van der Waals surface area contributed by atoms with E-state index in [2.05, 4.69) is 5.32 Å². The zero-order valence-corrected chi connectivity index (χ0v) is 19.7. The Morgan fingerprint density at radius 1 is 0.839 bits per heavy atom. The molecule has 1 amide bonds. The molecule has 162 valence electrons. The average molecular weight is 518 g/mol. The van der Waals surface area contributed by atoms with Crippen LogP contribution in [0.15, 0.2) is 71.6 Å². The Bertz CT molecular complexity index is 1200. The number of hydrogen-bond acceptors (Lipinski definition) is 3. The van der Waals surface area contributed by atoms with Crippen molar-refractivity contribution in [2.24, 2.45) is 0 Å². The van der Waals surface area contributed by atoms with Crippen LogP contribution in [0, 0.1) is 0 Å². The van der Waals surface area contributed by atoms with Gasteiger partial charge in [0.05, 0.1) is 22.2 Å². The van der Waals surface area contributed by atoms with Crippen LogP contribution in [0.2, 0.25) is 20.1 Å². The highest BCUT2D eigenvalue weighted by atomic mass is 35.5. The minimum Gasteiger partial charge on any atom is -0.324 e. The second kappa shape index (κ2) is 10.2. The molecule has 31 heavy (non-hydrogen) atoms. The molecule has 0 bridgehead atoms. The molecular formula is C21H16Cl4N2O3S. The van der Waals surface area contributed by atoms with Crippen molar-refractivity contribution in [2.75, 3.05) is 11.9 Å². The summed E-state index contributed by atoms with van der Waals surface area (Å²) in [7, 11) is -4.02. The Labute approximate surface area is 200 Å². The molecule has 0 aliphatic rings. The maximum atomic E-state index is 13.3. The van der Waals surface area contributed by atoms with Crippen molar-refractivity contribution in [3.05, 3.63) is 92.4 Å². The first-order valence-corrected chi connectivity index (χ1v) is 11.9. The zero-order valence-electron chi connectivity index (χ0n) is 15.9. The highest BCUT2D eigenvalue weighted by Gasteiger charge is 2.27. The number of carbonyl (C=O) groups is 1. The van der Waals surface area contributed by atoms with E-state index >= 15 is 0 Å². The standard InChI is InChI=1S/C21H16Cl4N2O3S/c22-15-4-7-18(8-5-15)31(29,30)27(12-14-2-1-3-16(23)10-14)13-21(28)26-20-11-17(24)6-9-19(20)25/h1-11H,12-13H2,(H,26,28). The van der Waals surface area contributed by atoms with E-state index in [4.69, 9.17) is 46.4 Å². The molecule has 0 aliphatic carbocycles. The van der Waals surface area contributed by atoms with Crippen molar-refractivity contribution in [1.29, 1.82) is 0 Å². The van der Waals surface area contributed by atoms with Crippen LogP contribution in [0.5, 0.6) is 0 Å². The summed E-state index contributed by atoms with van der Waals surface area (Å²) in [4.78, 5) is 12.7. The average Bonchev–Trinajstić information content (AvgIpc) is 2.70. The molecule has 0 atom stereocenters. The molecule has 3 rings (SSSR count). The van der Waals surface area contributed by atoms with Crippen molar-refractivity contribution in [1.82, 2.24) is 4.31 Å². The summed E-state index contributed by atoms with van der Waals surface area (Å²) >= 11 is 24.0. The van der Waals surface area contributed by atoms with Gasteiger partial charge in [-0.05, 0) is 60.2 Å². The maximum Gasteiger partial charge on any atom is 0.243 e. The molecule has 0 unspecified atom stereocenters. The van der Waals surface area contributed by atoms with Gasteiger partial charge in [-0.1, -0.05) is 58.5 Å². The van der Waals surface area contributed by atoms with E-state index in [1.165, 1.54) is 36.4 Å². The van der Waals surface area contributed by atoms with Gasteiger partial charge in [-0.2, -0.15) is 4.31 Å². The topological polar surface area (TPSA) is 66.5 Å². The Morgan fingerprint density at radius 2 is 1.48 bits per heavy atom. The van der Waals surface area contributed by atoms with E-state index in [1.54, 1.807) is 30.3 Å². The first-order valence-electron chi connectivity index (χ1n) is 8.90. The molecule has 0 spiro atoms. The summed E-state index contributed by atoms with van der Waals surface area (Å²) in [6.45, 7) is -0.525. The van der Waals surface area contributed by atoms with E-state index in [1.807, 2.05) is 0 Å². The number of rotatable bonds is 7. The van der Waals surface area contributed by atoms with Gasteiger partial charge >= 0.3 is 0 Å². The molecule has 3 aromatic rings. The second-order valence-electron chi connectivity index (χ2n) is 6.53. The molecule has 10 heteroatoms. The van der Waals surface area contributed by atoms with Gasteiger partial charge in [0, 0.05) is 21.6 Å². The summed E-state index contributed by atoms with van der Waals surface area (Å²) in [5.74, 6) is -0.580. The summed E-state index contributed by atoms with van der Waals surface area (Å²) in [6, 6.07) is 17.0. The Balaban J connectivity index is 1.90. The number of hydrogen-bond donors (Lipinski definition) is 1. The van der Waals surface area contributed by atoms with Crippen LogP contribution in [0.3, 0.4) is 0 Å². The molecule has 0 radical (unpaired) electrons. The fourth-order valence-electron chi connectivity index (χ4n) is 2.76.